The van der Waals surface area contributed by atoms with E-state index in [2.05, 4.69) is 0 Å². The second kappa shape index (κ2) is 9.35. The van der Waals surface area contributed by atoms with Gasteiger partial charge in [-0.15, -0.1) is 0 Å². The van der Waals surface area contributed by atoms with Crippen molar-refractivity contribution in [1.82, 2.24) is 0 Å². The second-order valence-electron chi connectivity index (χ2n) is 6.71. The Hall–Kier alpha value is -3.48. The van der Waals surface area contributed by atoms with Crippen LogP contribution >= 0.6 is 0 Å². The lowest BCUT2D eigenvalue weighted by Crippen LogP contribution is -2.06. The lowest BCUT2D eigenvalue weighted by molar-refractivity contribution is 0.0592. The predicted octanol–water partition coefficient (Wildman–Crippen LogP) is 3.51. The Kier molecular flexibility index (Phi) is 6.61. The van der Waals surface area contributed by atoms with Crippen molar-refractivity contribution in [3.8, 4) is 22.3 Å². The fourth-order valence-corrected chi connectivity index (χ4v) is 3.37. The predicted molar refractivity (Wildman–Crippen MR) is 116 cm³/mol. The average molecular weight is 404 g/mol. The molecule has 6 heteroatoms. The SMILES string of the molecule is COC(=O)c1ccc(-c2cc(CN)c(-c3ccc(C(=O)OC)cc3)cc2CN)cc1. The molecule has 0 heterocycles. The molecule has 0 radical (unpaired) electrons. The number of carbonyl (C=O) groups is 2. The molecule has 0 aliphatic heterocycles. The van der Waals surface area contributed by atoms with Gasteiger partial charge in [0.25, 0.3) is 0 Å². The van der Waals surface area contributed by atoms with Crippen molar-refractivity contribution in [2.24, 2.45) is 11.5 Å². The molecule has 0 fully saturated rings. The molecule has 0 saturated heterocycles. The number of carbonyl (C=O) groups excluding carboxylic acids is 2. The molecule has 0 bridgehead atoms. The van der Waals surface area contributed by atoms with Crippen molar-refractivity contribution in [3.63, 3.8) is 0 Å². The van der Waals surface area contributed by atoms with E-state index in [1.54, 1.807) is 24.3 Å². The molecule has 0 aromatic heterocycles. The fraction of sp³-hybridized carbons (Fsp3) is 0.167. The topological polar surface area (TPSA) is 105 Å². The maximum Gasteiger partial charge on any atom is 0.337 e. The molecule has 3 aromatic carbocycles. The molecule has 30 heavy (non-hydrogen) atoms. The number of methoxy groups -OCH3 is 2. The number of benzene rings is 3. The summed E-state index contributed by atoms with van der Waals surface area (Å²) < 4.78 is 9.51. The minimum Gasteiger partial charge on any atom is -0.465 e. The summed E-state index contributed by atoms with van der Waals surface area (Å²) in [6.07, 6.45) is 0. The van der Waals surface area contributed by atoms with Crippen LogP contribution in [0.25, 0.3) is 22.3 Å². The first kappa shape index (κ1) is 21.2. The minimum absolute atomic E-state index is 0.339. The Morgan fingerprint density at radius 1 is 0.667 bits per heavy atom. The minimum atomic E-state index is -0.381. The third-order valence-electron chi connectivity index (χ3n) is 5.00. The van der Waals surface area contributed by atoms with Gasteiger partial charge in [0.15, 0.2) is 0 Å². The van der Waals surface area contributed by atoms with Crippen molar-refractivity contribution in [3.05, 3.63) is 82.9 Å². The van der Waals surface area contributed by atoms with Crippen LogP contribution in [0.4, 0.5) is 0 Å². The molecule has 3 aromatic rings. The van der Waals surface area contributed by atoms with E-state index in [4.69, 9.17) is 20.9 Å². The molecule has 6 nitrogen and oxygen atoms in total. The first-order valence-electron chi connectivity index (χ1n) is 9.45. The third-order valence-corrected chi connectivity index (χ3v) is 5.00. The molecule has 3 rings (SSSR count). The molecular formula is C24H24N2O4. The van der Waals surface area contributed by atoms with Gasteiger partial charge in [-0.25, -0.2) is 9.59 Å². The van der Waals surface area contributed by atoms with Gasteiger partial charge in [0.2, 0.25) is 0 Å². The van der Waals surface area contributed by atoms with Crippen LogP contribution in [0, 0.1) is 0 Å². The highest BCUT2D eigenvalue weighted by atomic mass is 16.5. The number of hydrogen-bond donors (Lipinski definition) is 2. The zero-order valence-electron chi connectivity index (χ0n) is 17.0. The molecule has 0 unspecified atom stereocenters. The van der Waals surface area contributed by atoms with Gasteiger partial charge < -0.3 is 20.9 Å². The molecule has 0 aliphatic rings. The van der Waals surface area contributed by atoms with Crippen LogP contribution < -0.4 is 11.5 Å². The highest BCUT2D eigenvalue weighted by molar-refractivity contribution is 5.91. The lowest BCUT2D eigenvalue weighted by atomic mass is 9.90. The van der Waals surface area contributed by atoms with Crippen molar-refractivity contribution >= 4 is 11.9 Å². The summed E-state index contributed by atoms with van der Waals surface area (Å²) in [7, 11) is 2.71. The van der Waals surface area contributed by atoms with Gasteiger partial charge in [0, 0.05) is 13.1 Å². The Balaban J connectivity index is 2.04. The summed E-state index contributed by atoms with van der Waals surface area (Å²) in [6.45, 7) is 0.679. The van der Waals surface area contributed by atoms with E-state index in [1.165, 1.54) is 14.2 Å². The molecule has 0 atom stereocenters. The van der Waals surface area contributed by atoms with E-state index in [1.807, 2.05) is 36.4 Å². The third kappa shape index (κ3) is 4.25. The van der Waals surface area contributed by atoms with E-state index < -0.39 is 0 Å². The maximum absolute atomic E-state index is 11.7. The van der Waals surface area contributed by atoms with Crippen molar-refractivity contribution < 1.29 is 19.1 Å². The van der Waals surface area contributed by atoms with Crippen LogP contribution in [0.3, 0.4) is 0 Å². The number of esters is 2. The zero-order chi connectivity index (χ0) is 21.7. The van der Waals surface area contributed by atoms with Gasteiger partial charge in [-0.1, -0.05) is 24.3 Å². The summed E-state index contributed by atoms with van der Waals surface area (Å²) in [5.74, 6) is -0.761. The quantitative estimate of drug-likeness (QED) is 0.609. The van der Waals surface area contributed by atoms with E-state index in [9.17, 15) is 9.59 Å². The summed E-state index contributed by atoms with van der Waals surface area (Å²) in [5.41, 5.74) is 18.7. The van der Waals surface area contributed by atoms with Crippen LogP contribution in [0.15, 0.2) is 60.7 Å². The maximum atomic E-state index is 11.7. The van der Waals surface area contributed by atoms with E-state index in [0.29, 0.717) is 24.2 Å². The normalized spacial score (nSPS) is 10.5. The van der Waals surface area contributed by atoms with Crippen LogP contribution in [-0.4, -0.2) is 26.2 Å². The van der Waals surface area contributed by atoms with Crippen molar-refractivity contribution in [1.29, 1.82) is 0 Å². The largest absolute Gasteiger partial charge is 0.465 e. The number of ether oxygens (including phenoxy) is 2. The highest BCUT2D eigenvalue weighted by Crippen LogP contribution is 2.33. The summed E-state index contributed by atoms with van der Waals surface area (Å²) in [4.78, 5) is 23.4. The standard InChI is InChI=1S/C24H24N2O4/c1-29-23(27)17-7-3-15(4-8-17)21-11-20(14-26)22(12-19(21)13-25)16-5-9-18(10-6-16)24(28)30-2/h3-12H,13-14,25-26H2,1-2H3. The number of nitrogens with two attached hydrogens (primary N) is 2. The Bertz CT molecular complexity index is 971. The Morgan fingerprint density at radius 3 is 1.27 bits per heavy atom. The molecule has 0 amide bonds. The lowest BCUT2D eigenvalue weighted by Gasteiger charge is -2.16. The second-order valence-corrected chi connectivity index (χ2v) is 6.71. The molecule has 0 aliphatic carbocycles. The van der Waals surface area contributed by atoms with Crippen LogP contribution in [0.5, 0.6) is 0 Å². The van der Waals surface area contributed by atoms with Gasteiger partial charge in [0.1, 0.15) is 0 Å². The van der Waals surface area contributed by atoms with Gasteiger partial charge >= 0.3 is 11.9 Å². The molecule has 4 N–H and O–H groups in total. The smallest absolute Gasteiger partial charge is 0.337 e. The van der Waals surface area contributed by atoms with Crippen molar-refractivity contribution in [2.45, 2.75) is 13.1 Å². The molecular weight excluding hydrogens is 380 g/mol. The molecule has 0 spiro atoms. The summed E-state index contributed by atoms with van der Waals surface area (Å²) in [6, 6.07) is 18.4. The Labute approximate surface area is 175 Å². The fourth-order valence-electron chi connectivity index (χ4n) is 3.37. The van der Waals surface area contributed by atoms with E-state index >= 15 is 0 Å². The van der Waals surface area contributed by atoms with E-state index in [-0.39, 0.29) is 11.9 Å². The average Bonchev–Trinajstić information content (AvgIpc) is 2.82. The van der Waals surface area contributed by atoms with Gasteiger partial charge in [-0.3, -0.25) is 0 Å². The van der Waals surface area contributed by atoms with Gasteiger partial charge in [-0.05, 0) is 69.8 Å². The zero-order valence-corrected chi connectivity index (χ0v) is 17.0. The van der Waals surface area contributed by atoms with Gasteiger partial charge in [-0.2, -0.15) is 0 Å². The monoisotopic (exact) mass is 404 g/mol. The molecule has 154 valence electrons. The molecule has 0 saturated carbocycles. The highest BCUT2D eigenvalue weighted by Gasteiger charge is 2.14. The van der Waals surface area contributed by atoms with Gasteiger partial charge in [0.05, 0.1) is 25.3 Å². The van der Waals surface area contributed by atoms with Crippen LogP contribution in [0.2, 0.25) is 0 Å². The Morgan fingerprint density at radius 2 is 1.00 bits per heavy atom. The van der Waals surface area contributed by atoms with Crippen LogP contribution in [0.1, 0.15) is 31.8 Å². The summed E-state index contributed by atoms with van der Waals surface area (Å²) in [5, 5.41) is 0. The van der Waals surface area contributed by atoms with Crippen LogP contribution in [-0.2, 0) is 22.6 Å². The first-order valence-corrected chi connectivity index (χ1v) is 9.45. The first-order chi connectivity index (χ1) is 14.5. The number of rotatable bonds is 6. The summed E-state index contributed by atoms with van der Waals surface area (Å²) >= 11 is 0. The number of hydrogen-bond acceptors (Lipinski definition) is 6. The van der Waals surface area contributed by atoms with E-state index in [0.717, 1.165) is 33.4 Å². The van der Waals surface area contributed by atoms with Crippen molar-refractivity contribution in [2.75, 3.05) is 14.2 Å².